The van der Waals surface area contributed by atoms with Crippen molar-refractivity contribution in [1.82, 2.24) is 5.32 Å². The third kappa shape index (κ3) is 5.30. The molecule has 0 atom stereocenters. The first-order valence-electron chi connectivity index (χ1n) is 6.88. The predicted molar refractivity (Wildman–Crippen MR) is 84.0 cm³/mol. The van der Waals surface area contributed by atoms with Gasteiger partial charge in [0.05, 0.1) is 4.90 Å². The Hall–Kier alpha value is -1.11. The van der Waals surface area contributed by atoms with Crippen molar-refractivity contribution >= 4 is 27.5 Å². The van der Waals surface area contributed by atoms with Crippen molar-refractivity contribution in [2.75, 3.05) is 6.54 Å². The Morgan fingerprint density at radius 2 is 1.95 bits per heavy atom. The summed E-state index contributed by atoms with van der Waals surface area (Å²) in [4.78, 5) is 12.0. The van der Waals surface area contributed by atoms with E-state index in [1.54, 1.807) is 6.92 Å². The molecule has 0 unspecified atom stereocenters. The average Bonchev–Trinajstić information content (AvgIpc) is 2.40. The Kier molecular flexibility index (Phi) is 6.64. The number of benzene rings is 1. The molecule has 118 valence electrons. The van der Waals surface area contributed by atoms with Crippen LogP contribution in [-0.4, -0.2) is 20.9 Å². The molecule has 1 aromatic rings. The predicted octanol–water partition coefficient (Wildman–Crippen LogP) is 2.61. The molecule has 0 aliphatic rings. The van der Waals surface area contributed by atoms with E-state index < -0.39 is 10.0 Å². The first-order valence-corrected chi connectivity index (χ1v) is 8.81. The fourth-order valence-corrected chi connectivity index (χ4v) is 2.75. The van der Waals surface area contributed by atoms with Crippen molar-refractivity contribution < 1.29 is 13.2 Å². The lowest BCUT2D eigenvalue weighted by molar-refractivity contribution is 0.0952. The van der Waals surface area contributed by atoms with Gasteiger partial charge in [-0.3, -0.25) is 4.79 Å². The first-order chi connectivity index (χ1) is 9.77. The lowest BCUT2D eigenvalue weighted by Crippen LogP contribution is -2.26. The van der Waals surface area contributed by atoms with E-state index in [2.05, 4.69) is 12.2 Å². The van der Waals surface area contributed by atoms with Crippen molar-refractivity contribution in [3.63, 3.8) is 0 Å². The molecule has 3 N–H and O–H groups in total. The summed E-state index contributed by atoms with van der Waals surface area (Å²) in [6.45, 7) is 4.33. The Bertz CT molecular complexity index is 615. The number of carbonyl (C=O) groups excluding carboxylic acids is 1. The van der Waals surface area contributed by atoms with Crippen molar-refractivity contribution in [2.24, 2.45) is 5.14 Å². The summed E-state index contributed by atoms with van der Waals surface area (Å²) in [5.74, 6) is -0.337. The van der Waals surface area contributed by atoms with E-state index in [9.17, 15) is 13.2 Å². The van der Waals surface area contributed by atoms with E-state index in [4.69, 9.17) is 16.7 Å². The van der Waals surface area contributed by atoms with Gasteiger partial charge < -0.3 is 5.32 Å². The molecular formula is C14H21ClN2O3S. The van der Waals surface area contributed by atoms with Gasteiger partial charge in [0, 0.05) is 17.1 Å². The molecule has 21 heavy (non-hydrogen) atoms. The third-order valence-electron chi connectivity index (χ3n) is 3.21. The number of hydrogen-bond acceptors (Lipinski definition) is 3. The van der Waals surface area contributed by atoms with Gasteiger partial charge in [-0.25, -0.2) is 13.6 Å². The maximum Gasteiger partial charge on any atom is 0.251 e. The van der Waals surface area contributed by atoms with Crippen LogP contribution in [0.5, 0.6) is 0 Å². The molecule has 0 saturated carbocycles. The molecule has 0 saturated heterocycles. The second-order valence-corrected chi connectivity index (χ2v) is 6.91. The molecule has 1 rings (SSSR count). The molecule has 0 bridgehead atoms. The Morgan fingerprint density at radius 1 is 1.29 bits per heavy atom. The minimum absolute atomic E-state index is 0.158. The van der Waals surface area contributed by atoms with Crippen LogP contribution < -0.4 is 10.5 Å². The summed E-state index contributed by atoms with van der Waals surface area (Å²) in [5.41, 5.74) is 0.775. The topological polar surface area (TPSA) is 89.3 Å². The number of sulfonamides is 1. The number of nitrogens with one attached hydrogen (secondary N) is 1. The second-order valence-electron chi connectivity index (χ2n) is 4.94. The monoisotopic (exact) mass is 332 g/mol. The molecule has 7 heteroatoms. The van der Waals surface area contributed by atoms with Crippen molar-refractivity contribution in [3.8, 4) is 0 Å². The third-order valence-corrected chi connectivity index (χ3v) is 4.49. The van der Waals surface area contributed by atoms with Gasteiger partial charge >= 0.3 is 0 Å². The fraction of sp³-hybridized carbons (Fsp3) is 0.500. The van der Waals surface area contributed by atoms with E-state index in [1.807, 2.05) is 0 Å². The number of amides is 1. The normalized spacial score (nSPS) is 11.4. The van der Waals surface area contributed by atoms with Gasteiger partial charge in [-0.15, -0.1) is 0 Å². The molecule has 0 aromatic heterocycles. The first kappa shape index (κ1) is 17.9. The van der Waals surface area contributed by atoms with Crippen LogP contribution in [0.3, 0.4) is 0 Å². The summed E-state index contributed by atoms with van der Waals surface area (Å²) in [6.07, 6.45) is 4.19. The molecule has 0 aliphatic carbocycles. The van der Waals surface area contributed by atoms with Crippen molar-refractivity contribution in [3.05, 3.63) is 28.3 Å². The highest BCUT2D eigenvalue weighted by atomic mass is 35.5. The molecule has 0 aliphatic heterocycles. The molecule has 5 nitrogen and oxygen atoms in total. The quantitative estimate of drug-likeness (QED) is 0.752. The number of hydrogen-bond donors (Lipinski definition) is 2. The fourth-order valence-electron chi connectivity index (χ4n) is 1.90. The number of carbonyl (C=O) groups is 1. The second kappa shape index (κ2) is 7.77. The van der Waals surface area contributed by atoms with Crippen LogP contribution in [-0.2, 0) is 10.0 Å². The summed E-state index contributed by atoms with van der Waals surface area (Å²) in [7, 11) is -3.90. The van der Waals surface area contributed by atoms with E-state index in [0.717, 1.165) is 25.7 Å². The molecule has 0 heterocycles. The van der Waals surface area contributed by atoms with Gasteiger partial charge in [0.15, 0.2) is 0 Å². The standard InChI is InChI=1S/C14H21ClN2O3S/c1-3-4-5-6-7-17-14(18)12-8-11(21(16,19)20)9-13(15)10(12)2/h8-9H,3-7H2,1-2H3,(H,17,18)(H2,16,19,20). The smallest absolute Gasteiger partial charge is 0.251 e. The molecule has 0 fully saturated rings. The highest BCUT2D eigenvalue weighted by Gasteiger charge is 2.17. The summed E-state index contributed by atoms with van der Waals surface area (Å²) >= 11 is 5.97. The minimum atomic E-state index is -3.90. The van der Waals surface area contributed by atoms with Crippen LogP contribution in [0, 0.1) is 6.92 Å². The van der Waals surface area contributed by atoms with Crippen LogP contribution in [0.25, 0.3) is 0 Å². The summed E-state index contributed by atoms with van der Waals surface area (Å²) in [6, 6.07) is 2.52. The molecule has 1 amide bonds. The minimum Gasteiger partial charge on any atom is -0.352 e. The van der Waals surface area contributed by atoms with Crippen LogP contribution >= 0.6 is 11.6 Å². The zero-order chi connectivity index (χ0) is 16.0. The van der Waals surface area contributed by atoms with Crippen molar-refractivity contribution in [1.29, 1.82) is 0 Å². The Labute approximate surface area is 130 Å². The lowest BCUT2D eigenvalue weighted by Gasteiger charge is -2.11. The number of unbranched alkanes of at least 4 members (excludes halogenated alkanes) is 3. The molecule has 0 spiro atoms. The van der Waals surface area contributed by atoms with E-state index in [0.29, 0.717) is 12.1 Å². The van der Waals surface area contributed by atoms with Gasteiger partial charge in [0.2, 0.25) is 10.0 Å². The van der Waals surface area contributed by atoms with Gasteiger partial charge in [-0.2, -0.15) is 0 Å². The van der Waals surface area contributed by atoms with E-state index in [-0.39, 0.29) is 21.4 Å². The molecular weight excluding hydrogens is 312 g/mol. The average molecular weight is 333 g/mol. The largest absolute Gasteiger partial charge is 0.352 e. The Morgan fingerprint density at radius 3 is 2.52 bits per heavy atom. The SMILES string of the molecule is CCCCCCNC(=O)c1cc(S(N)(=O)=O)cc(Cl)c1C. The number of rotatable bonds is 7. The maximum atomic E-state index is 12.1. The highest BCUT2D eigenvalue weighted by molar-refractivity contribution is 7.89. The number of halogens is 1. The van der Waals surface area contributed by atoms with Gasteiger partial charge in [0.1, 0.15) is 0 Å². The maximum absolute atomic E-state index is 12.1. The lowest BCUT2D eigenvalue weighted by atomic mass is 10.1. The van der Waals surface area contributed by atoms with Gasteiger partial charge in [-0.05, 0) is 31.0 Å². The summed E-state index contributed by atoms with van der Waals surface area (Å²) < 4.78 is 22.8. The summed E-state index contributed by atoms with van der Waals surface area (Å²) in [5, 5.41) is 8.06. The van der Waals surface area contributed by atoms with Crippen LogP contribution in [0.4, 0.5) is 0 Å². The number of primary sulfonamides is 1. The van der Waals surface area contributed by atoms with Crippen molar-refractivity contribution in [2.45, 2.75) is 44.4 Å². The van der Waals surface area contributed by atoms with Crippen LogP contribution in [0.2, 0.25) is 5.02 Å². The van der Waals surface area contributed by atoms with Crippen LogP contribution in [0.1, 0.15) is 48.5 Å². The molecule has 1 aromatic carbocycles. The highest BCUT2D eigenvalue weighted by Crippen LogP contribution is 2.23. The zero-order valence-corrected chi connectivity index (χ0v) is 13.9. The van der Waals surface area contributed by atoms with E-state index in [1.165, 1.54) is 12.1 Å². The van der Waals surface area contributed by atoms with Gasteiger partial charge in [0.25, 0.3) is 5.91 Å². The molecule has 0 radical (unpaired) electrons. The van der Waals surface area contributed by atoms with Crippen LogP contribution in [0.15, 0.2) is 17.0 Å². The Balaban J connectivity index is 2.86. The van der Waals surface area contributed by atoms with E-state index >= 15 is 0 Å². The zero-order valence-electron chi connectivity index (χ0n) is 12.3. The van der Waals surface area contributed by atoms with Gasteiger partial charge in [-0.1, -0.05) is 37.8 Å². The number of nitrogens with two attached hydrogens (primary N) is 1.